The van der Waals surface area contributed by atoms with Gasteiger partial charge in [0.05, 0.1) is 8.66 Å². The van der Waals surface area contributed by atoms with Crippen LogP contribution in [0.2, 0.25) is 0 Å². The van der Waals surface area contributed by atoms with Gasteiger partial charge in [0.2, 0.25) is 5.82 Å². The SMILES string of the molecule is O=[N+]([O-])c1cccc(C(Br)Br)c1F. The fourth-order valence-electron chi connectivity index (χ4n) is 0.847. The van der Waals surface area contributed by atoms with Gasteiger partial charge in [-0.15, -0.1) is 0 Å². The quantitative estimate of drug-likeness (QED) is 0.476. The van der Waals surface area contributed by atoms with E-state index >= 15 is 0 Å². The molecule has 0 aromatic heterocycles. The Balaban J connectivity index is 3.26. The van der Waals surface area contributed by atoms with Crippen LogP contribution in [0.3, 0.4) is 0 Å². The van der Waals surface area contributed by atoms with Crippen molar-refractivity contribution < 1.29 is 9.31 Å². The number of nitro benzene ring substituents is 1. The second-order valence-electron chi connectivity index (χ2n) is 2.24. The number of hydrogen-bond donors (Lipinski definition) is 0. The van der Waals surface area contributed by atoms with Gasteiger partial charge in [-0.2, -0.15) is 4.39 Å². The maximum atomic E-state index is 13.3. The highest BCUT2D eigenvalue weighted by Gasteiger charge is 2.19. The fourth-order valence-corrected chi connectivity index (χ4v) is 1.55. The van der Waals surface area contributed by atoms with Gasteiger partial charge in [-0.25, -0.2) is 0 Å². The highest BCUT2D eigenvalue weighted by molar-refractivity contribution is 9.24. The van der Waals surface area contributed by atoms with Gasteiger partial charge in [-0.1, -0.05) is 44.0 Å². The van der Waals surface area contributed by atoms with Gasteiger partial charge in [0.15, 0.2) is 0 Å². The topological polar surface area (TPSA) is 43.1 Å². The molecule has 0 aliphatic heterocycles. The third-order valence-electron chi connectivity index (χ3n) is 1.44. The molecule has 70 valence electrons. The lowest BCUT2D eigenvalue weighted by molar-refractivity contribution is -0.387. The van der Waals surface area contributed by atoms with Crippen molar-refractivity contribution in [3.63, 3.8) is 0 Å². The number of benzene rings is 1. The summed E-state index contributed by atoms with van der Waals surface area (Å²) in [5.74, 6) is -0.814. The summed E-state index contributed by atoms with van der Waals surface area (Å²) < 4.78 is 12.9. The first-order valence-electron chi connectivity index (χ1n) is 3.25. The second kappa shape index (κ2) is 4.15. The molecule has 0 atom stereocenters. The van der Waals surface area contributed by atoms with E-state index in [1.807, 2.05) is 0 Å². The first kappa shape index (κ1) is 10.6. The number of halogens is 3. The molecule has 0 saturated heterocycles. The zero-order chi connectivity index (χ0) is 10.0. The molecule has 6 heteroatoms. The molecular formula is C7H4Br2FNO2. The van der Waals surface area contributed by atoms with Crippen molar-refractivity contribution in [1.29, 1.82) is 0 Å². The summed E-state index contributed by atoms with van der Waals surface area (Å²) in [6.45, 7) is 0. The lowest BCUT2D eigenvalue weighted by Gasteiger charge is -2.03. The van der Waals surface area contributed by atoms with Crippen LogP contribution >= 0.6 is 31.9 Å². The molecule has 1 aromatic rings. The number of alkyl halides is 2. The molecule has 1 aromatic carbocycles. The molecule has 0 fully saturated rings. The van der Waals surface area contributed by atoms with E-state index in [0.29, 0.717) is 0 Å². The minimum absolute atomic E-state index is 0.217. The molecule has 0 amide bonds. The minimum Gasteiger partial charge on any atom is -0.258 e. The zero-order valence-corrected chi connectivity index (χ0v) is 9.38. The monoisotopic (exact) mass is 311 g/mol. The highest BCUT2D eigenvalue weighted by Crippen LogP contribution is 2.34. The largest absolute Gasteiger partial charge is 0.305 e. The maximum Gasteiger partial charge on any atom is 0.305 e. The maximum absolute atomic E-state index is 13.3. The van der Waals surface area contributed by atoms with Gasteiger partial charge < -0.3 is 0 Å². The van der Waals surface area contributed by atoms with E-state index in [-0.39, 0.29) is 5.56 Å². The van der Waals surface area contributed by atoms with Crippen LogP contribution in [0.25, 0.3) is 0 Å². The number of hydrogen-bond acceptors (Lipinski definition) is 2. The molecule has 0 aliphatic rings. The number of rotatable bonds is 2. The van der Waals surface area contributed by atoms with Gasteiger partial charge in [0.25, 0.3) is 0 Å². The van der Waals surface area contributed by atoms with Crippen LogP contribution in [0.1, 0.15) is 9.30 Å². The molecule has 0 N–H and O–H groups in total. The molecule has 0 radical (unpaired) electrons. The Bertz CT molecular complexity index is 343. The lowest BCUT2D eigenvalue weighted by Crippen LogP contribution is -1.96. The van der Waals surface area contributed by atoms with Crippen LogP contribution in [0.15, 0.2) is 18.2 Å². The van der Waals surface area contributed by atoms with E-state index in [0.717, 1.165) is 6.07 Å². The molecule has 0 aliphatic carbocycles. The lowest BCUT2D eigenvalue weighted by atomic mass is 10.2. The van der Waals surface area contributed by atoms with E-state index < -0.39 is 20.2 Å². The van der Waals surface area contributed by atoms with Crippen molar-refractivity contribution in [1.82, 2.24) is 0 Å². The second-order valence-corrected chi connectivity index (χ2v) is 5.30. The van der Waals surface area contributed by atoms with Crippen LogP contribution < -0.4 is 0 Å². The molecule has 0 unspecified atom stereocenters. The fraction of sp³-hybridized carbons (Fsp3) is 0.143. The first-order valence-corrected chi connectivity index (χ1v) is 5.08. The van der Waals surface area contributed by atoms with Crippen molar-refractivity contribution in [2.75, 3.05) is 0 Å². The predicted octanol–water partition coefficient (Wildman–Crippen LogP) is 3.52. The van der Waals surface area contributed by atoms with Crippen LogP contribution in [-0.2, 0) is 0 Å². The number of nitro groups is 1. The standard InChI is InChI=1S/C7H4Br2FNO2/c8-7(9)4-2-1-3-5(6(4)10)11(12)13/h1-3,7H. The van der Waals surface area contributed by atoms with E-state index in [9.17, 15) is 14.5 Å². The highest BCUT2D eigenvalue weighted by atomic mass is 79.9. The first-order chi connectivity index (χ1) is 6.04. The average Bonchev–Trinajstić information content (AvgIpc) is 2.03. The molecule has 0 heterocycles. The van der Waals surface area contributed by atoms with Crippen molar-refractivity contribution in [3.8, 4) is 0 Å². The van der Waals surface area contributed by atoms with Gasteiger partial charge in [0.1, 0.15) is 0 Å². The van der Waals surface area contributed by atoms with Gasteiger partial charge in [0, 0.05) is 11.6 Å². The molecular weight excluding hydrogens is 309 g/mol. The molecule has 0 bridgehead atoms. The van der Waals surface area contributed by atoms with Crippen molar-refractivity contribution in [2.24, 2.45) is 0 Å². The van der Waals surface area contributed by atoms with Gasteiger partial charge >= 0.3 is 5.69 Å². The molecule has 13 heavy (non-hydrogen) atoms. The van der Waals surface area contributed by atoms with Gasteiger partial charge in [-0.3, -0.25) is 10.1 Å². The van der Waals surface area contributed by atoms with Crippen LogP contribution in [0.5, 0.6) is 0 Å². The molecule has 0 saturated carbocycles. The van der Waals surface area contributed by atoms with E-state index in [2.05, 4.69) is 31.9 Å². The number of nitrogens with zero attached hydrogens (tertiary/aromatic N) is 1. The Hall–Kier alpha value is -0.490. The van der Waals surface area contributed by atoms with E-state index in [1.54, 1.807) is 0 Å². The summed E-state index contributed by atoms with van der Waals surface area (Å²) in [5, 5.41) is 10.3. The summed E-state index contributed by atoms with van der Waals surface area (Å²) in [5.41, 5.74) is -0.296. The Morgan fingerprint density at radius 2 is 2.08 bits per heavy atom. The average molecular weight is 313 g/mol. The Morgan fingerprint density at radius 1 is 1.46 bits per heavy atom. The smallest absolute Gasteiger partial charge is 0.258 e. The van der Waals surface area contributed by atoms with Crippen molar-refractivity contribution in [3.05, 3.63) is 39.7 Å². The Kier molecular flexibility index (Phi) is 3.38. The van der Waals surface area contributed by atoms with Crippen LogP contribution in [0.4, 0.5) is 10.1 Å². The molecule has 3 nitrogen and oxygen atoms in total. The van der Waals surface area contributed by atoms with Crippen molar-refractivity contribution in [2.45, 2.75) is 3.74 Å². The Labute approximate surface area is 90.3 Å². The summed E-state index contributed by atoms with van der Waals surface area (Å²) in [7, 11) is 0. The van der Waals surface area contributed by atoms with E-state index in [1.165, 1.54) is 12.1 Å². The summed E-state index contributed by atoms with van der Waals surface area (Å²) in [6.07, 6.45) is 0. The third-order valence-corrected chi connectivity index (χ3v) is 2.43. The summed E-state index contributed by atoms with van der Waals surface area (Å²) >= 11 is 6.14. The van der Waals surface area contributed by atoms with E-state index in [4.69, 9.17) is 0 Å². The van der Waals surface area contributed by atoms with Crippen LogP contribution in [0, 0.1) is 15.9 Å². The summed E-state index contributed by atoms with van der Waals surface area (Å²) in [4.78, 5) is 9.58. The molecule has 1 rings (SSSR count). The Morgan fingerprint density at radius 3 is 2.54 bits per heavy atom. The van der Waals surface area contributed by atoms with Crippen LogP contribution in [-0.4, -0.2) is 4.92 Å². The minimum atomic E-state index is -0.814. The summed E-state index contributed by atoms with van der Waals surface area (Å²) in [6, 6.07) is 4.03. The predicted molar refractivity (Wildman–Crippen MR) is 53.6 cm³/mol. The third kappa shape index (κ3) is 2.25. The zero-order valence-electron chi connectivity index (χ0n) is 6.21. The molecule has 0 spiro atoms. The van der Waals surface area contributed by atoms with Crippen molar-refractivity contribution >= 4 is 37.5 Å². The van der Waals surface area contributed by atoms with Gasteiger partial charge in [-0.05, 0) is 0 Å². The normalized spacial score (nSPS) is 10.5.